The highest BCUT2D eigenvalue weighted by Gasteiger charge is 2.17. The van der Waals surface area contributed by atoms with Crippen molar-refractivity contribution in [1.29, 1.82) is 0 Å². The Morgan fingerprint density at radius 3 is 2.62 bits per heavy atom. The van der Waals surface area contributed by atoms with Crippen molar-refractivity contribution in [3.8, 4) is 5.75 Å². The quantitative estimate of drug-likeness (QED) is 0.710. The van der Waals surface area contributed by atoms with E-state index in [4.69, 9.17) is 4.74 Å². The van der Waals surface area contributed by atoms with Crippen LogP contribution in [-0.4, -0.2) is 38.7 Å². The van der Waals surface area contributed by atoms with E-state index in [2.05, 4.69) is 56.2 Å². The second-order valence-electron chi connectivity index (χ2n) is 5.87. The van der Waals surface area contributed by atoms with Crippen molar-refractivity contribution < 1.29 is 4.74 Å². The van der Waals surface area contributed by atoms with Crippen molar-refractivity contribution in [3.05, 3.63) is 29.3 Å². The number of likely N-dealkylation sites (N-methyl/N-ethyl adjacent to an activating group) is 1. The van der Waals surface area contributed by atoms with Gasteiger partial charge in [0, 0.05) is 18.2 Å². The first-order valence-corrected chi connectivity index (χ1v) is 8.18. The Balaban J connectivity index is 2.87. The Hall–Kier alpha value is -1.06. The van der Waals surface area contributed by atoms with Crippen LogP contribution in [0.5, 0.6) is 5.75 Å². The molecule has 1 rings (SSSR count). The smallest absolute Gasteiger partial charge is 0.123 e. The van der Waals surface area contributed by atoms with Crippen LogP contribution in [0.1, 0.15) is 50.3 Å². The highest BCUT2D eigenvalue weighted by molar-refractivity contribution is 5.39. The van der Waals surface area contributed by atoms with Crippen molar-refractivity contribution in [2.45, 2.75) is 46.1 Å². The first-order valence-electron chi connectivity index (χ1n) is 8.18. The Labute approximate surface area is 130 Å². The number of unbranched alkanes of at least 4 members (excludes halogenated alkanes) is 1. The van der Waals surface area contributed by atoms with Gasteiger partial charge in [0.25, 0.3) is 0 Å². The molecule has 0 heterocycles. The summed E-state index contributed by atoms with van der Waals surface area (Å²) in [7, 11) is 3.96. The average molecular weight is 292 g/mol. The molecular weight excluding hydrogens is 260 g/mol. The zero-order valence-electron chi connectivity index (χ0n) is 14.4. The molecule has 0 saturated carbocycles. The number of hydrogen-bond donors (Lipinski definition) is 1. The van der Waals surface area contributed by atoms with Gasteiger partial charge in [-0.2, -0.15) is 0 Å². The Bertz CT molecular complexity index is 406. The molecule has 1 atom stereocenters. The molecule has 1 aromatic rings. The molecule has 0 aliphatic heterocycles. The van der Waals surface area contributed by atoms with Crippen molar-refractivity contribution in [1.82, 2.24) is 10.2 Å². The number of nitrogens with zero attached hydrogens (tertiary/aromatic N) is 1. The summed E-state index contributed by atoms with van der Waals surface area (Å²) >= 11 is 0. The zero-order valence-corrected chi connectivity index (χ0v) is 14.4. The molecule has 1 N–H and O–H groups in total. The van der Waals surface area contributed by atoms with Gasteiger partial charge in [-0.05, 0) is 46.0 Å². The number of ether oxygens (including phenoxy) is 1. The maximum atomic E-state index is 5.57. The monoisotopic (exact) mass is 292 g/mol. The van der Waals surface area contributed by atoms with Gasteiger partial charge >= 0.3 is 0 Å². The van der Waals surface area contributed by atoms with Crippen molar-refractivity contribution in [3.63, 3.8) is 0 Å². The summed E-state index contributed by atoms with van der Waals surface area (Å²) in [5.74, 6) is 0.984. The first kappa shape index (κ1) is 18.0. The predicted molar refractivity (Wildman–Crippen MR) is 91.2 cm³/mol. The summed E-state index contributed by atoms with van der Waals surface area (Å²) in [5, 5.41) is 3.67. The summed E-state index contributed by atoms with van der Waals surface area (Å²) in [6.45, 7) is 9.78. The second kappa shape index (κ2) is 9.80. The summed E-state index contributed by atoms with van der Waals surface area (Å²) in [5.41, 5.74) is 2.56. The number of benzene rings is 1. The highest BCUT2D eigenvalue weighted by atomic mass is 16.5. The van der Waals surface area contributed by atoms with E-state index in [1.54, 1.807) is 7.11 Å². The molecule has 0 saturated heterocycles. The maximum absolute atomic E-state index is 5.57. The molecule has 3 heteroatoms. The SMILES string of the molecule is CCCCN(C)CC(NCCC)c1cc(C)ccc1OC. The van der Waals surface area contributed by atoms with Crippen molar-refractivity contribution in [2.24, 2.45) is 0 Å². The Kier molecular flexibility index (Phi) is 8.40. The molecule has 0 radical (unpaired) electrons. The molecule has 120 valence electrons. The number of nitrogens with one attached hydrogen (secondary N) is 1. The lowest BCUT2D eigenvalue weighted by atomic mass is 10.0. The lowest BCUT2D eigenvalue weighted by Crippen LogP contribution is -2.34. The fraction of sp³-hybridized carbons (Fsp3) is 0.667. The van der Waals surface area contributed by atoms with Crippen LogP contribution in [0.3, 0.4) is 0 Å². The molecule has 0 fully saturated rings. The number of methoxy groups -OCH3 is 1. The lowest BCUT2D eigenvalue weighted by Gasteiger charge is -2.27. The van der Waals surface area contributed by atoms with Gasteiger partial charge in [-0.3, -0.25) is 0 Å². The maximum Gasteiger partial charge on any atom is 0.123 e. The molecule has 0 aliphatic carbocycles. The predicted octanol–water partition coefficient (Wildman–Crippen LogP) is 3.78. The third-order valence-electron chi connectivity index (χ3n) is 3.79. The Morgan fingerprint density at radius 1 is 1.24 bits per heavy atom. The van der Waals surface area contributed by atoms with E-state index in [1.807, 2.05) is 0 Å². The molecule has 0 spiro atoms. The Morgan fingerprint density at radius 2 is 2.00 bits per heavy atom. The van der Waals surface area contributed by atoms with Crippen LogP contribution in [0, 0.1) is 6.92 Å². The highest BCUT2D eigenvalue weighted by Crippen LogP contribution is 2.27. The average Bonchev–Trinajstić information content (AvgIpc) is 2.49. The van der Waals surface area contributed by atoms with Gasteiger partial charge in [0.05, 0.1) is 7.11 Å². The van der Waals surface area contributed by atoms with Gasteiger partial charge in [-0.25, -0.2) is 0 Å². The van der Waals surface area contributed by atoms with Crippen LogP contribution >= 0.6 is 0 Å². The van der Waals surface area contributed by atoms with Crippen LogP contribution < -0.4 is 10.1 Å². The van der Waals surface area contributed by atoms with Gasteiger partial charge in [-0.15, -0.1) is 0 Å². The third-order valence-corrected chi connectivity index (χ3v) is 3.79. The fourth-order valence-corrected chi connectivity index (χ4v) is 2.55. The number of hydrogen-bond acceptors (Lipinski definition) is 3. The van der Waals surface area contributed by atoms with Crippen LogP contribution in [0.15, 0.2) is 18.2 Å². The van der Waals surface area contributed by atoms with Crippen LogP contribution in [0.25, 0.3) is 0 Å². The third kappa shape index (κ3) is 6.06. The van der Waals surface area contributed by atoms with Crippen LogP contribution in [0.2, 0.25) is 0 Å². The van der Waals surface area contributed by atoms with E-state index in [-0.39, 0.29) is 0 Å². The fourth-order valence-electron chi connectivity index (χ4n) is 2.55. The van der Waals surface area contributed by atoms with E-state index in [0.717, 1.165) is 31.8 Å². The minimum Gasteiger partial charge on any atom is -0.496 e. The number of aryl methyl sites for hydroxylation is 1. The molecular formula is C18H32N2O. The van der Waals surface area contributed by atoms with E-state index < -0.39 is 0 Å². The molecule has 1 aromatic carbocycles. The van der Waals surface area contributed by atoms with Crippen molar-refractivity contribution in [2.75, 3.05) is 33.8 Å². The van der Waals surface area contributed by atoms with E-state index >= 15 is 0 Å². The van der Waals surface area contributed by atoms with Gasteiger partial charge in [0.2, 0.25) is 0 Å². The normalized spacial score (nSPS) is 12.7. The van der Waals surface area contributed by atoms with Gasteiger partial charge < -0.3 is 15.0 Å². The topological polar surface area (TPSA) is 24.5 Å². The summed E-state index contributed by atoms with van der Waals surface area (Å²) in [6, 6.07) is 6.76. The molecule has 0 bridgehead atoms. The van der Waals surface area contributed by atoms with Crippen LogP contribution in [0.4, 0.5) is 0 Å². The van der Waals surface area contributed by atoms with Crippen molar-refractivity contribution >= 4 is 0 Å². The molecule has 3 nitrogen and oxygen atoms in total. The van der Waals surface area contributed by atoms with E-state index in [9.17, 15) is 0 Å². The van der Waals surface area contributed by atoms with Crippen LogP contribution in [-0.2, 0) is 0 Å². The summed E-state index contributed by atoms with van der Waals surface area (Å²) in [4.78, 5) is 2.42. The lowest BCUT2D eigenvalue weighted by molar-refractivity contribution is 0.282. The molecule has 0 amide bonds. The molecule has 21 heavy (non-hydrogen) atoms. The molecule has 0 aliphatic rings. The summed E-state index contributed by atoms with van der Waals surface area (Å²) < 4.78 is 5.57. The zero-order chi connectivity index (χ0) is 15.7. The largest absolute Gasteiger partial charge is 0.496 e. The molecule has 1 unspecified atom stereocenters. The number of rotatable bonds is 10. The molecule has 0 aromatic heterocycles. The standard InChI is InChI=1S/C18H32N2O/c1-6-8-12-20(4)14-17(19-11-7-2)16-13-15(3)9-10-18(16)21-5/h9-10,13,17,19H,6-8,11-12,14H2,1-5H3. The van der Waals surface area contributed by atoms with E-state index in [1.165, 1.54) is 24.0 Å². The minimum absolute atomic E-state index is 0.321. The second-order valence-corrected chi connectivity index (χ2v) is 5.87. The van der Waals surface area contributed by atoms with Gasteiger partial charge in [0.1, 0.15) is 5.75 Å². The first-order chi connectivity index (χ1) is 10.1. The van der Waals surface area contributed by atoms with Gasteiger partial charge in [0.15, 0.2) is 0 Å². The van der Waals surface area contributed by atoms with Gasteiger partial charge in [-0.1, -0.05) is 38.0 Å². The van der Waals surface area contributed by atoms with E-state index in [0.29, 0.717) is 6.04 Å². The minimum atomic E-state index is 0.321. The summed E-state index contributed by atoms with van der Waals surface area (Å²) in [6.07, 6.45) is 3.64.